The van der Waals surface area contributed by atoms with Crippen LogP contribution < -0.4 is 5.32 Å². The number of nitrogens with one attached hydrogen (secondary N) is 1. The maximum Gasteiger partial charge on any atom is 0.397 e. The van der Waals surface area contributed by atoms with E-state index >= 15 is 0 Å². The van der Waals surface area contributed by atoms with Crippen LogP contribution in [0.25, 0.3) is 0 Å². The Kier molecular flexibility index (Phi) is 33.6. The van der Waals surface area contributed by atoms with Gasteiger partial charge in [-0.25, -0.2) is 4.18 Å². The average Bonchev–Trinajstić information content (AvgIpc) is 3.20. The summed E-state index contributed by atoms with van der Waals surface area (Å²) in [5.41, 5.74) is 0. The predicted molar refractivity (Wildman–Crippen MR) is 233 cm³/mol. The largest absolute Gasteiger partial charge is 0.397 e. The van der Waals surface area contributed by atoms with Crippen molar-refractivity contribution >= 4 is 16.3 Å². The summed E-state index contributed by atoms with van der Waals surface area (Å²) in [5, 5.41) is 55.1. The maximum atomic E-state index is 13.1. The van der Waals surface area contributed by atoms with Gasteiger partial charge in [0, 0.05) is 0 Å². The molecule has 13 nitrogen and oxygen atoms in total. The van der Waals surface area contributed by atoms with Gasteiger partial charge >= 0.3 is 10.4 Å². The van der Waals surface area contributed by atoms with Crippen LogP contribution >= 0.6 is 0 Å². The van der Waals surface area contributed by atoms with Gasteiger partial charge in [-0.1, -0.05) is 172 Å². The van der Waals surface area contributed by atoms with Crippen LogP contribution in [-0.4, -0.2) is 107 Å². The highest BCUT2D eigenvalue weighted by Gasteiger charge is 2.48. The molecule has 0 bridgehead atoms. The normalized spacial score (nSPS) is 21.8. The highest BCUT2D eigenvalue weighted by molar-refractivity contribution is 7.80. The lowest BCUT2D eigenvalue weighted by Gasteiger charge is -2.41. The van der Waals surface area contributed by atoms with Gasteiger partial charge in [0.15, 0.2) is 6.29 Å². The Morgan fingerprint density at radius 3 is 1.63 bits per heavy atom. The first-order valence-corrected chi connectivity index (χ1v) is 24.3. The molecule has 14 heteroatoms. The van der Waals surface area contributed by atoms with E-state index in [0.717, 1.165) is 44.9 Å². The van der Waals surface area contributed by atoms with Crippen LogP contribution in [0.3, 0.4) is 0 Å². The first kappa shape index (κ1) is 55.3. The smallest absolute Gasteiger partial charge is 0.394 e. The average molecular weight is 862 g/mol. The topological polar surface area (TPSA) is 212 Å². The summed E-state index contributed by atoms with van der Waals surface area (Å²) in [6.45, 7) is 3.17. The molecule has 1 saturated heterocycles. The van der Waals surface area contributed by atoms with Gasteiger partial charge in [-0.2, -0.15) is 8.42 Å². The molecule has 0 aromatic heterocycles. The van der Waals surface area contributed by atoms with Crippen LogP contribution in [-0.2, 0) is 28.9 Å². The molecule has 59 heavy (non-hydrogen) atoms. The number of carbonyl (C=O) groups excluding carboxylic acids is 1. The molecular weight excluding hydrogens is 779 g/mol. The fourth-order valence-electron chi connectivity index (χ4n) is 7.08. The monoisotopic (exact) mass is 862 g/mol. The van der Waals surface area contributed by atoms with Crippen LogP contribution in [0, 0.1) is 0 Å². The lowest BCUT2D eigenvalue weighted by atomic mass is 9.99. The van der Waals surface area contributed by atoms with E-state index in [2.05, 4.69) is 47.7 Å². The van der Waals surface area contributed by atoms with Crippen molar-refractivity contribution in [2.75, 3.05) is 13.2 Å². The van der Waals surface area contributed by atoms with Gasteiger partial charge in [0.1, 0.15) is 30.5 Å². The van der Waals surface area contributed by atoms with E-state index < -0.39 is 78.5 Å². The Balaban J connectivity index is 2.63. The van der Waals surface area contributed by atoms with Crippen molar-refractivity contribution in [1.29, 1.82) is 0 Å². The molecule has 8 unspecified atom stereocenters. The van der Waals surface area contributed by atoms with Gasteiger partial charge in [0.25, 0.3) is 0 Å². The summed E-state index contributed by atoms with van der Waals surface area (Å²) >= 11 is 0. The summed E-state index contributed by atoms with van der Waals surface area (Å²) in [6, 6.07) is -1.14. The standard InChI is InChI=1S/C45H83NO12S/c1-3-5-7-9-11-13-15-16-17-18-19-20-21-22-24-25-27-29-31-33-38(48)37(36-56-45-42(51)43(58-59(53,54)55)41(50)40(35-47)57-45)46-44(52)39(49)34-32-30-28-26-23-14-12-10-8-6-4-2/h19-20,24-25,31,33,37-43,45,47-51H,3-18,21-23,26-30,32,34-36H2,1-2H3,(H,46,52)(H,53,54,55)/b20-19+,25-24+,33-31+. The third kappa shape index (κ3) is 28.5. The van der Waals surface area contributed by atoms with E-state index in [1.807, 2.05) is 0 Å². The van der Waals surface area contributed by atoms with E-state index in [-0.39, 0.29) is 6.42 Å². The number of hydrogen-bond donors (Lipinski definition) is 7. The predicted octanol–water partition coefficient (Wildman–Crippen LogP) is 7.69. The van der Waals surface area contributed by atoms with Gasteiger partial charge in [-0.3, -0.25) is 9.35 Å². The minimum atomic E-state index is -5.12. The first-order valence-electron chi connectivity index (χ1n) is 23.0. The van der Waals surface area contributed by atoms with E-state index in [9.17, 15) is 38.7 Å². The Bertz CT molecular complexity index is 1220. The third-order valence-electron chi connectivity index (χ3n) is 10.8. The molecule has 0 radical (unpaired) electrons. The number of carbonyl (C=O) groups is 1. The van der Waals surface area contributed by atoms with E-state index in [0.29, 0.717) is 12.8 Å². The van der Waals surface area contributed by atoms with Gasteiger partial charge in [-0.15, -0.1) is 0 Å². The summed E-state index contributed by atoms with van der Waals surface area (Å²) in [6.07, 6.45) is 29.5. The van der Waals surface area contributed by atoms with E-state index in [1.54, 1.807) is 6.08 Å². The van der Waals surface area contributed by atoms with Gasteiger partial charge in [-0.05, 0) is 44.9 Å². The minimum absolute atomic E-state index is 0.235. The van der Waals surface area contributed by atoms with Gasteiger partial charge in [0.05, 0.1) is 25.4 Å². The summed E-state index contributed by atoms with van der Waals surface area (Å²) in [4.78, 5) is 13.1. The molecule has 8 atom stereocenters. The molecule has 0 aromatic rings. The summed E-state index contributed by atoms with van der Waals surface area (Å²) < 4.78 is 47.4. The molecule has 1 rings (SSSR count). The molecule has 1 heterocycles. The van der Waals surface area contributed by atoms with Crippen molar-refractivity contribution in [3.8, 4) is 0 Å². The van der Waals surface area contributed by atoms with Crippen LogP contribution in [0.1, 0.15) is 181 Å². The Hall–Kier alpha value is -1.72. The van der Waals surface area contributed by atoms with Crippen molar-refractivity contribution in [1.82, 2.24) is 5.32 Å². The molecule has 0 spiro atoms. The molecule has 1 amide bonds. The fourth-order valence-corrected chi connectivity index (χ4v) is 7.59. The maximum absolute atomic E-state index is 13.1. The second kappa shape index (κ2) is 35.8. The first-order chi connectivity index (χ1) is 28.4. The van der Waals surface area contributed by atoms with E-state index in [4.69, 9.17) is 14.0 Å². The number of hydrogen-bond acceptors (Lipinski definition) is 11. The molecule has 0 saturated carbocycles. The van der Waals surface area contributed by atoms with Crippen LogP contribution in [0.2, 0.25) is 0 Å². The number of aliphatic hydroxyl groups excluding tert-OH is 5. The minimum Gasteiger partial charge on any atom is -0.394 e. The molecule has 346 valence electrons. The highest BCUT2D eigenvalue weighted by Crippen LogP contribution is 2.26. The quantitative estimate of drug-likeness (QED) is 0.0181. The molecule has 7 N–H and O–H groups in total. The molecular formula is C45H83NO12S. The number of aliphatic hydroxyl groups is 5. The zero-order valence-corrected chi connectivity index (χ0v) is 37.2. The SMILES string of the molecule is CCCCCCCCCCC/C=C/CC/C=C/CC/C=C/C(O)C(COC1OC(CO)C(O)C(OS(=O)(=O)O)C1O)NC(=O)C(O)CCCCCCCCCCCCC. The Morgan fingerprint density at radius 2 is 1.14 bits per heavy atom. The molecule has 1 fully saturated rings. The molecule has 0 aromatic carbocycles. The number of rotatable bonds is 38. The lowest BCUT2D eigenvalue weighted by molar-refractivity contribution is -0.298. The van der Waals surface area contributed by atoms with Crippen molar-refractivity contribution in [3.63, 3.8) is 0 Å². The van der Waals surface area contributed by atoms with Crippen molar-refractivity contribution in [2.45, 2.75) is 230 Å². The van der Waals surface area contributed by atoms with Crippen molar-refractivity contribution in [3.05, 3.63) is 36.5 Å². The Morgan fingerprint density at radius 1 is 0.678 bits per heavy atom. The molecule has 0 aliphatic carbocycles. The second-order valence-corrected chi connectivity index (χ2v) is 17.2. The third-order valence-corrected chi connectivity index (χ3v) is 11.2. The van der Waals surface area contributed by atoms with Crippen LogP contribution in [0.4, 0.5) is 0 Å². The van der Waals surface area contributed by atoms with Crippen molar-refractivity contribution < 1.29 is 57.0 Å². The van der Waals surface area contributed by atoms with Gasteiger partial charge < -0.3 is 40.3 Å². The number of unbranched alkanes of at least 4 members (excludes halogenated alkanes) is 21. The van der Waals surface area contributed by atoms with Gasteiger partial charge in [0.2, 0.25) is 5.91 Å². The second-order valence-electron chi connectivity index (χ2n) is 16.1. The van der Waals surface area contributed by atoms with Crippen LogP contribution in [0.5, 0.6) is 0 Å². The van der Waals surface area contributed by atoms with Crippen molar-refractivity contribution in [2.24, 2.45) is 0 Å². The summed E-state index contributed by atoms with van der Waals surface area (Å²) in [7, 11) is -5.12. The molecule has 1 aliphatic rings. The lowest BCUT2D eigenvalue weighted by Crippen LogP contribution is -2.61. The number of amides is 1. The molecule has 1 aliphatic heterocycles. The summed E-state index contributed by atoms with van der Waals surface area (Å²) in [5.74, 6) is -0.718. The number of allylic oxidation sites excluding steroid dienone is 5. The number of ether oxygens (including phenoxy) is 2. The van der Waals surface area contributed by atoms with E-state index in [1.165, 1.54) is 109 Å². The fraction of sp³-hybridized carbons (Fsp3) is 0.844. The zero-order valence-electron chi connectivity index (χ0n) is 36.4. The van der Waals surface area contributed by atoms with Crippen LogP contribution in [0.15, 0.2) is 36.5 Å². The Labute approximate surface area is 357 Å². The zero-order chi connectivity index (χ0) is 43.6. The highest BCUT2D eigenvalue weighted by atomic mass is 32.3.